The number of carbonyl (C=O) groups excluding carboxylic acids is 1. The van der Waals surface area contributed by atoms with Crippen LogP contribution in [0.25, 0.3) is 0 Å². The third-order valence-corrected chi connectivity index (χ3v) is 2.51. The van der Waals surface area contributed by atoms with E-state index >= 15 is 0 Å². The molecule has 21 heavy (non-hydrogen) atoms. The molecule has 0 aliphatic heterocycles. The second-order valence-electron chi connectivity index (χ2n) is 3.57. The van der Waals surface area contributed by atoms with Crippen LogP contribution >= 0.6 is 11.6 Å². The molecule has 0 amide bonds. The smallest absolute Gasteiger partial charge is 0.462 e. The van der Waals surface area contributed by atoms with Gasteiger partial charge in [0.2, 0.25) is 5.88 Å². The summed E-state index contributed by atoms with van der Waals surface area (Å²) in [6.45, 7) is 1.34. The molecule has 1 aromatic heterocycles. The van der Waals surface area contributed by atoms with E-state index in [4.69, 9.17) is 11.6 Å². The molecular formula is C11H9ClF5NO3. The summed E-state index contributed by atoms with van der Waals surface area (Å²) in [4.78, 5) is 14.8. The first-order valence-corrected chi connectivity index (χ1v) is 6.03. The standard InChI is InChI=1S/C11H9ClF5NO3/c1-2-20-10(19)6-4-18-9(21-11(15,16)17)5(3-12)7(6)8(13)14/h4,8H,2-3H2,1H3. The molecule has 1 heterocycles. The zero-order chi connectivity index (χ0) is 16.2. The first kappa shape index (κ1) is 17.4. The van der Waals surface area contributed by atoms with Gasteiger partial charge in [-0.25, -0.2) is 18.6 Å². The van der Waals surface area contributed by atoms with E-state index in [0.29, 0.717) is 6.20 Å². The molecule has 0 atom stereocenters. The van der Waals surface area contributed by atoms with Gasteiger partial charge in [-0.3, -0.25) is 0 Å². The van der Waals surface area contributed by atoms with Crippen LogP contribution in [-0.4, -0.2) is 23.9 Å². The topological polar surface area (TPSA) is 48.4 Å². The number of alkyl halides is 6. The quantitative estimate of drug-likeness (QED) is 0.467. The molecule has 0 aromatic carbocycles. The summed E-state index contributed by atoms with van der Waals surface area (Å²) in [6, 6.07) is 0. The van der Waals surface area contributed by atoms with Crippen molar-refractivity contribution in [1.29, 1.82) is 0 Å². The van der Waals surface area contributed by atoms with E-state index in [-0.39, 0.29) is 6.61 Å². The Morgan fingerprint density at radius 3 is 2.48 bits per heavy atom. The zero-order valence-electron chi connectivity index (χ0n) is 10.5. The normalized spacial score (nSPS) is 11.6. The molecule has 4 nitrogen and oxygen atoms in total. The number of nitrogens with zero attached hydrogens (tertiary/aromatic N) is 1. The molecule has 10 heteroatoms. The predicted molar refractivity (Wildman–Crippen MR) is 61.4 cm³/mol. The minimum Gasteiger partial charge on any atom is -0.462 e. The lowest BCUT2D eigenvalue weighted by molar-refractivity contribution is -0.276. The van der Waals surface area contributed by atoms with E-state index in [0.717, 1.165) is 0 Å². The molecule has 0 bridgehead atoms. The Kier molecular flexibility index (Phi) is 5.70. The third-order valence-electron chi connectivity index (χ3n) is 2.24. The minimum atomic E-state index is -5.13. The number of hydrogen-bond acceptors (Lipinski definition) is 4. The fraction of sp³-hybridized carbons (Fsp3) is 0.455. The van der Waals surface area contributed by atoms with Crippen LogP contribution in [0.15, 0.2) is 6.20 Å². The summed E-state index contributed by atoms with van der Waals surface area (Å²) in [5.41, 5.74) is -2.36. The van der Waals surface area contributed by atoms with Crippen molar-refractivity contribution in [2.75, 3.05) is 6.61 Å². The first-order chi connectivity index (χ1) is 9.71. The van der Waals surface area contributed by atoms with Crippen molar-refractivity contribution in [3.05, 3.63) is 22.9 Å². The number of rotatable bonds is 5. The fourth-order valence-corrected chi connectivity index (χ4v) is 1.75. The van der Waals surface area contributed by atoms with Gasteiger partial charge < -0.3 is 9.47 Å². The average molecular weight is 334 g/mol. The Morgan fingerprint density at radius 2 is 2.05 bits per heavy atom. The molecule has 0 aliphatic rings. The van der Waals surface area contributed by atoms with Crippen molar-refractivity contribution in [2.24, 2.45) is 0 Å². The third kappa shape index (κ3) is 4.42. The highest BCUT2D eigenvalue weighted by atomic mass is 35.5. The molecule has 0 saturated heterocycles. The van der Waals surface area contributed by atoms with Crippen molar-refractivity contribution < 1.29 is 36.2 Å². The maximum Gasteiger partial charge on any atom is 0.574 e. The van der Waals surface area contributed by atoms with Crippen molar-refractivity contribution in [1.82, 2.24) is 4.98 Å². The van der Waals surface area contributed by atoms with E-state index in [1.165, 1.54) is 6.92 Å². The largest absolute Gasteiger partial charge is 0.574 e. The number of halogens is 6. The van der Waals surface area contributed by atoms with E-state index < -0.39 is 47.2 Å². The number of pyridine rings is 1. The van der Waals surface area contributed by atoms with Gasteiger partial charge in [-0.1, -0.05) is 0 Å². The molecule has 1 aromatic rings. The van der Waals surface area contributed by atoms with Gasteiger partial charge in [0.05, 0.1) is 18.1 Å². The number of carbonyl (C=O) groups is 1. The van der Waals surface area contributed by atoms with E-state index in [1.807, 2.05) is 0 Å². The zero-order valence-corrected chi connectivity index (χ0v) is 11.3. The average Bonchev–Trinajstić information content (AvgIpc) is 2.36. The summed E-state index contributed by atoms with van der Waals surface area (Å²) in [6.07, 6.45) is -7.84. The lowest BCUT2D eigenvalue weighted by atomic mass is 10.1. The molecule has 0 spiro atoms. The lowest BCUT2D eigenvalue weighted by Gasteiger charge is -2.16. The second-order valence-corrected chi connectivity index (χ2v) is 3.84. The highest BCUT2D eigenvalue weighted by Crippen LogP contribution is 2.35. The monoisotopic (exact) mass is 333 g/mol. The van der Waals surface area contributed by atoms with Crippen LogP contribution in [0.3, 0.4) is 0 Å². The second kappa shape index (κ2) is 6.88. The number of ether oxygens (including phenoxy) is 2. The lowest BCUT2D eigenvalue weighted by Crippen LogP contribution is -2.20. The molecule has 0 fully saturated rings. The summed E-state index contributed by atoms with van der Waals surface area (Å²) in [5, 5.41) is 0. The van der Waals surface area contributed by atoms with Crippen LogP contribution in [0.5, 0.6) is 5.88 Å². The van der Waals surface area contributed by atoms with Crippen LogP contribution in [0.4, 0.5) is 22.0 Å². The molecular weight excluding hydrogens is 325 g/mol. The minimum absolute atomic E-state index is 0.0987. The Bertz CT molecular complexity index is 521. The van der Waals surface area contributed by atoms with E-state index in [1.54, 1.807) is 0 Å². The van der Waals surface area contributed by atoms with Gasteiger partial charge in [-0.15, -0.1) is 24.8 Å². The van der Waals surface area contributed by atoms with Gasteiger partial charge in [-0.05, 0) is 6.92 Å². The van der Waals surface area contributed by atoms with Gasteiger partial charge in [0.25, 0.3) is 6.43 Å². The van der Waals surface area contributed by atoms with E-state index in [2.05, 4.69) is 14.5 Å². The molecule has 118 valence electrons. The van der Waals surface area contributed by atoms with Gasteiger partial charge >= 0.3 is 12.3 Å². The highest BCUT2D eigenvalue weighted by molar-refractivity contribution is 6.17. The van der Waals surface area contributed by atoms with Gasteiger partial charge in [0.15, 0.2) is 0 Å². The van der Waals surface area contributed by atoms with Crippen molar-refractivity contribution in [2.45, 2.75) is 25.6 Å². The fourth-order valence-electron chi connectivity index (χ4n) is 1.50. The maximum absolute atomic E-state index is 13.1. The van der Waals surface area contributed by atoms with Gasteiger partial charge in [-0.2, -0.15) is 0 Å². The van der Waals surface area contributed by atoms with Gasteiger partial charge in [0.1, 0.15) is 0 Å². The van der Waals surface area contributed by atoms with Crippen LogP contribution in [-0.2, 0) is 10.6 Å². The van der Waals surface area contributed by atoms with Crippen molar-refractivity contribution in [3.8, 4) is 5.88 Å². The summed E-state index contributed by atoms with van der Waals surface area (Å²) < 4.78 is 70.7. The molecule has 0 unspecified atom stereocenters. The molecule has 0 N–H and O–H groups in total. The number of aromatic nitrogens is 1. The molecule has 0 aliphatic carbocycles. The summed E-state index contributed by atoms with van der Waals surface area (Å²) in [7, 11) is 0. The SMILES string of the molecule is CCOC(=O)c1cnc(OC(F)(F)F)c(CCl)c1C(F)F. The summed E-state index contributed by atoms with van der Waals surface area (Å²) in [5.74, 6) is -3.00. The predicted octanol–water partition coefficient (Wildman–Crippen LogP) is 3.83. The van der Waals surface area contributed by atoms with E-state index in [9.17, 15) is 26.7 Å². The van der Waals surface area contributed by atoms with Crippen LogP contribution in [0.2, 0.25) is 0 Å². The van der Waals surface area contributed by atoms with Crippen LogP contribution in [0.1, 0.15) is 34.8 Å². The molecule has 0 radical (unpaired) electrons. The van der Waals surface area contributed by atoms with Crippen LogP contribution < -0.4 is 4.74 Å². The highest BCUT2D eigenvalue weighted by Gasteiger charge is 2.35. The number of esters is 1. The Hall–Kier alpha value is -1.64. The Labute approximate surface area is 120 Å². The molecule has 0 saturated carbocycles. The first-order valence-electron chi connectivity index (χ1n) is 5.50. The maximum atomic E-state index is 13.1. The van der Waals surface area contributed by atoms with Gasteiger partial charge in [0, 0.05) is 17.3 Å². The number of hydrogen-bond donors (Lipinski definition) is 0. The molecule has 1 rings (SSSR count). The Morgan fingerprint density at radius 1 is 1.43 bits per heavy atom. The summed E-state index contributed by atoms with van der Waals surface area (Å²) >= 11 is 5.39. The van der Waals surface area contributed by atoms with Crippen molar-refractivity contribution >= 4 is 17.6 Å². The van der Waals surface area contributed by atoms with Crippen LogP contribution in [0, 0.1) is 0 Å². The van der Waals surface area contributed by atoms with Crippen molar-refractivity contribution in [3.63, 3.8) is 0 Å². The Balaban J connectivity index is 3.41.